The zero-order chi connectivity index (χ0) is 25.0. The lowest BCUT2D eigenvalue weighted by Crippen LogP contribution is -2.25. The summed E-state index contributed by atoms with van der Waals surface area (Å²) in [5.41, 5.74) is 2.70. The van der Waals surface area contributed by atoms with Gasteiger partial charge in [-0.05, 0) is 123 Å². The van der Waals surface area contributed by atoms with Crippen LogP contribution in [0.4, 0.5) is 0 Å². The van der Waals surface area contributed by atoms with E-state index in [2.05, 4.69) is 62.1 Å². The van der Waals surface area contributed by atoms with Crippen LogP contribution in [0.1, 0.15) is 146 Å². The molecule has 0 amide bonds. The smallest absolute Gasteiger partial charge is 0.0249 e. The Hall–Kier alpha value is -1.48. The second-order valence-electron chi connectivity index (χ2n) is 12.7. The van der Waals surface area contributed by atoms with E-state index in [0.717, 1.165) is 35.5 Å². The highest BCUT2D eigenvalue weighted by Gasteiger charge is 2.30. The predicted octanol–water partition coefficient (Wildman–Crippen LogP) is 10.9. The van der Waals surface area contributed by atoms with Gasteiger partial charge in [0.1, 0.15) is 0 Å². The first kappa shape index (κ1) is 27.6. The van der Waals surface area contributed by atoms with Gasteiger partial charge in [-0.3, -0.25) is 0 Å². The molecule has 0 aromatic heterocycles. The van der Waals surface area contributed by atoms with Crippen molar-refractivity contribution in [3.05, 3.63) is 47.5 Å². The predicted molar refractivity (Wildman–Crippen MR) is 157 cm³/mol. The van der Waals surface area contributed by atoms with Crippen molar-refractivity contribution in [1.29, 1.82) is 0 Å². The molecule has 0 unspecified atom stereocenters. The maximum atomic E-state index is 3.39. The van der Waals surface area contributed by atoms with Crippen LogP contribution in [0.15, 0.2) is 36.4 Å². The van der Waals surface area contributed by atoms with Crippen LogP contribution in [0.2, 0.25) is 0 Å². The van der Waals surface area contributed by atoms with Gasteiger partial charge in [-0.15, -0.1) is 0 Å². The molecule has 1 aromatic rings. The molecule has 3 aliphatic rings. The van der Waals surface area contributed by atoms with Crippen LogP contribution < -0.4 is 0 Å². The van der Waals surface area contributed by atoms with Gasteiger partial charge < -0.3 is 0 Å². The van der Waals surface area contributed by atoms with Crippen molar-refractivity contribution in [1.82, 2.24) is 0 Å². The molecule has 0 nitrogen and oxygen atoms in total. The molecule has 36 heavy (non-hydrogen) atoms. The maximum absolute atomic E-state index is 3.39. The summed E-state index contributed by atoms with van der Waals surface area (Å²) in [5.74, 6) is 12.3. The fourth-order valence-electron chi connectivity index (χ4n) is 7.68. The first-order valence-corrected chi connectivity index (χ1v) is 16.0. The van der Waals surface area contributed by atoms with Gasteiger partial charge in [-0.1, -0.05) is 95.3 Å². The van der Waals surface area contributed by atoms with Crippen LogP contribution in [0, 0.1) is 41.4 Å². The van der Waals surface area contributed by atoms with Crippen LogP contribution in [0.3, 0.4) is 0 Å². The topological polar surface area (TPSA) is 0 Å². The third-order valence-corrected chi connectivity index (χ3v) is 10.2. The summed E-state index contributed by atoms with van der Waals surface area (Å²) in [6, 6.07) is 9.20. The first-order chi connectivity index (χ1) is 17.7. The lowest BCUT2D eigenvalue weighted by molar-refractivity contribution is 0.152. The van der Waals surface area contributed by atoms with E-state index >= 15 is 0 Å². The molecule has 3 saturated carbocycles. The highest BCUT2D eigenvalue weighted by Crippen LogP contribution is 2.42. The normalized spacial score (nSPS) is 31.2. The summed E-state index contributed by atoms with van der Waals surface area (Å²) >= 11 is 0. The molecule has 0 saturated heterocycles. The summed E-state index contributed by atoms with van der Waals surface area (Å²) in [4.78, 5) is 0. The highest BCUT2D eigenvalue weighted by molar-refractivity contribution is 5.39. The molecule has 1 aromatic carbocycles. The van der Waals surface area contributed by atoms with E-state index in [0.29, 0.717) is 0 Å². The average Bonchev–Trinajstić information content (AvgIpc) is 2.94. The molecule has 3 aliphatic carbocycles. The molecule has 0 heteroatoms. The van der Waals surface area contributed by atoms with Crippen molar-refractivity contribution in [3.63, 3.8) is 0 Å². The molecular formula is C36H54. The highest BCUT2D eigenvalue weighted by atomic mass is 14.4. The Morgan fingerprint density at radius 1 is 0.667 bits per heavy atom. The van der Waals surface area contributed by atoms with Gasteiger partial charge in [-0.25, -0.2) is 0 Å². The summed E-state index contributed by atoms with van der Waals surface area (Å²) in [5, 5.41) is 0. The minimum atomic E-state index is 0.756. The van der Waals surface area contributed by atoms with E-state index in [-0.39, 0.29) is 0 Å². The quantitative estimate of drug-likeness (QED) is 0.304. The fourth-order valence-corrected chi connectivity index (χ4v) is 7.68. The standard InChI is InChI=1S/C36H54/c1-3-5-9-29-13-21-33(22-14-29)35-25-17-31(18-26-35)11-7-8-12-32-19-27-36(28-20-32)34-23-15-30(16-24-34)10-6-4-2/h7,11,19-20,27-31,33-35H,3-6,9-10,13-18,21-26H2,1-2H3/t29-,30-,31-,33-,34-,35-. The van der Waals surface area contributed by atoms with Gasteiger partial charge in [0, 0.05) is 5.56 Å². The second kappa shape index (κ2) is 15.1. The summed E-state index contributed by atoms with van der Waals surface area (Å²) in [6.07, 6.45) is 30.4. The molecule has 0 spiro atoms. The number of hydrogen-bond acceptors (Lipinski definition) is 0. The fraction of sp³-hybridized carbons (Fsp3) is 0.722. The molecule has 3 fully saturated rings. The van der Waals surface area contributed by atoms with Crippen LogP contribution >= 0.6 is 0 Å². The summed E-state index contributed by atoms with van der Waals surface area (Å²) < 4.78 is 0. The van der Waals surface area contributed by atoms with E-state index < -0.39 is 0 Å². The Morgan fingerprint density at radius 3 is 1.75 bits per heavy atom. The van der Waals surface area contributed by atoms with Crippen molar-refractivity contribution in [2.75, 3.05) is 0 Å². The minimum Gasteiger partial charge on any atom is -0.0730 e. The lowest BCUT2D eigenvalue weighted by atomic mass is 9.68. The van der Waals surface area contributed by atoms with E-state index in [9.17, 15) is 0 Å². The second-order valence-corrected chi connectivity index (χ2v) is 12.7. The number of hydrogen-bond donors (Lipinski definition) is 0. The Morgan fingerprint density at radius 2 is 1.19 bits per heavy atom. The summed E-state index contributed by atoms with van der Waals surface area (Å²) in [7, 11) is 0. The number of rotatable bonds is 9. The van der Waals surface area contributed by atoms with Crippen LogP contribution in [0.5, 0.6) is 0 Å². The van der Waals surface area contributed by atoms with E-state index in [1.165, 1.54) is 127 Å². The molecular weight excluding hydrogens is 432 g/mol. The molecule has 0 radical (unpaired) electrons. The van der Waals surface area contributed by atoms with Crippen molar-refractivity contribution in [3.8, 4) is 11.8 Å². The zero-order valence-corrected chi connectivity index (χ0v) is 23.7. The third kappa shape index (κ3) is 8.54. The Labute approximate surface area is 224 Å². The van der Waals surface area contributed by atoms with Gasteiger partial charge >= 0.3 is 0 Å². The van der Waals surface area contributed by atoms with Crippen molar-refractivity contribution >= 4 is 0 Å². The van der Waals surface area contributed by atoms with Gasteiger partial charge in [0.15, 0.2) is 0 Å². The molecule has 0 heterocycles. The molecule has 0 aliphatic heterocycles. The van der Waals surface area contributed by atoms with E-state index in [1.54, 1.807) is 0 Å². The molecule has 0 bridgehead atoms. The lowest BCUT2D eigenvalue weighted by Gasteiger charge is -2.37. The first-order valence-electron chi connectivity index (χ1n) is 16.0. The van der Waals surface area contributed by atoms with E-state index in [1.807, 2.05) is 0 Å². The van der Waals surface area contributed by atoms with Crippen LogP contribution in [-0.4, -0.2) is 0 Å². The van der Waals surface area contributed by atoms with Gasteiger partial charge in [0.05, 0.1) is 0 Å². The van der Waals surface area contributed by atoms with Crippen LogP contribution in [-0.2, 0) is 0 Å². The minimum absolute atomic E-state index is 0.756. The number of benzene rings is 1. The number of allylic oxidation sites excluding steroid dienone is 2. The van der Waals surface area contributed by atoms with Crippen LogP contribution in [0.25, 0.3) is 0 Å². The van der Waals surface area contributed by atoms with Crippen molar-refractivity contribution in [2.24, 2.45) is 29.6 Å². The van der Waals surface area contributed by atoms with E-state index in [4.69, 9.17) is 0 Å². The Balaban J connectivity index is 1.15. The third-order valence-electron chi connectivity index (χ3n) is 10.2. The van der Waals surface area contributed by atoms with Gasteiger partial charge in [-0.2, -0.15) is 0 Å². The Bertz CT molecular complexity index is 809. The molecule has 198 valence electrons. The van der Waals surface area contributed by atoms with Gasteiger partial charge in [0.25, 0.3) is 0 Å². The summed E-state index contributed by atoms with van der Waals surface area (Å²) in [6.45, 7) is 4.65. The maximum Gasteiger partial charge on any atom is 0.0249 e. The molecule has 0 N–H and O–H groups in total. The monoisotopic (exact) mass is 486 g/mol. The zero-order valence-electron chi connectivity index (χ0n) is 23.7. The SMILES string of the molecule is CCCC[C@H]1CC[C@H](c2ccc(C#CC=C[C@H]3CC[C@H]([C@H]4CC[C@H](CCCC)CC4)CC3)cc2)CC1. The average molecular weight is 487 g/mol. The van der Waals surface area contributed by atoms with Crippen molar-refractivity contribution in [2.45, 2.75) is 135 Å². The largest absolute Gasteiger partial charge is 0.0730 e. The molecule has 0 atom stereocenters. The molecule has 4 rings (SSSR count). The van der Waals surface area contributed by atoms with Crippen molar-refractivity contribution < 1.29 is 0 Å². The number of unbranched alkanes of at least 4 members (excludes halogenated alkanes) is 2. The Kier molecular flexibility index (Phi) is 11.5. The van der Waals surface area contributed by atoms with Gasteiger partial charge in [0.2, 0.25) is 0 Å².